The molecule has 7 heteroatoms. The van der Waals surface area contributed by atoms with E-state index < -0.39 is 17.2 Å². The molecule has 0 spiro atoms. The number of carboxylic acid groups (broad SMARTS) is 1. The van der Waals surface area contributed by atoms with Crippen LogP contribution < -0.4 is 15.6 Å². The number of anilines is 1. The lowest BCUT2D eigenvalue weighted by molar-refractivity contribution is 0.0695. The summed E-state index contributed by atoms with van der Waals surface area (Å²) in [7, 11) is 0. The minimum Gasteiger partial charge on any atom is -0.477 e. The van der Waals surface area contributed by atoms with E-state index in [2.05, 4.69) is 5.32 Å². The molecule has 2 aliphatic rings. The summed E-state index contributed by atoms with van der Waals surface area (Å²) in [5, 5.41) is 12.9. The minimum atomic E-state index is -1.27. The average molecular weight is 359 g/mol. The van der Waals surface area contributed by atoms with Crippen molar-refractivity contribution in [1.29, 1.82) is 0 Å². The third-order valence-corrected chi connectivity index (χ3v) is 5.46. The number of benzene rings is 1. The highest BCUT2D eigenvalue weighted by Crippen LogP contribution is 2.41. The van der Waals surface area contributed by atoms with Crippen molar-refractivity contribution in [2.45, 2.75) is 32.7 Å². The predicted molar refractivity (Wildman–Crippen MR) is 98.0 cm³/mol. The Morgan fingerprint density at radius 1 is 1.23 bits per heavy atom. The number of piperazine rings is 1. The number of rotatable bonds is 3. The molecule has 1 aliphatic heterocycles. The molecule has 26 heavy (non-hydrogen) atoms. The highest BCUT2D eigenvalue weighted by atomic mass is 19.1. The highest BCUT2D eigenvalue weighted by molar-refractivity contribution is 5.97. The quantitative estimate of drug-likeness (QED) is 0.879. The number of pyridine rings is 1. The molecule has 2 fully saturated rings. The summed E-state index contributed by atoms with van der Waals surface area (Å²) < 4.78 is 17.2. The van der Waals surface area contributed by atoms with Gasteiger partial charge >= 0.3 is 5.97 Å². The first-order valence-corrected chi connectivity index (χ1v) is 8.98. The van der Waals surface area contributed by atoms with Crippen LogP contribution >= 0.6 is 0 Å². The number of nitrogens with one attached hydrogen (secondary N) is 1. The van der Waals surface area contributed by atoms with Crippen molar-refractivity contribution in [3.8, 4) is 0 Å². The fourth-order valence-electron chi connectivity index (χ4n) is 3.98. The summed E-state index contributed by atoms with van der Waals surface area (Å²) in [5.74, 6) is -1.69. The van der Waals surface area contributed by atoms with Crippen LogP contribution in [0.25, 0.3) is 10.9 Å². The van der Waals surface area contributed by atoms with Crippen molar-refractivity contribution in [3.05, 3.63) is 38.9 Å². The van der Waals surface area contributed by atoms with Crippen molar-refractivity contribution in [2.75, 3.05) is 31.1 Å². The zero-order valence-electron chi connectivity index (χ0n) is 14.9. The van der Waals surface area contributed by atoms with Crippen LogP contribution in [0.15, 0.2) is 11.0 Å². The maximum atomic E-state index is 15.3. The van der Waals surface area contributed by atoms with Crippen LogP contribution in [0.5, 0.6) is 0 Å². The fraction of sp³-hybridized carbons (Fsp3) is 0.474. The van der Waals surface area contributed by atoms with Crippen molar-refractivity contribution in [3.63, 3.8) is 0 Å². The first kappa shape index (κ1) is 17.0. The van der Waals surface area contributed by atoms with Crippen LogP contribution in [0.4, 0.5) is 10.1 Å². The van der Waals surface area contributed by atoms with Crippen LogP contribution in [0, 0.1) is 19.7 Å². The van der Waals surface area contributed by atoms with Gasteiger partial charge in [-0.05, 0) is 32.3 Å². The molecule has 1 saturated heterocycles. The first-order chi connectivity index (χ1) is 12.4. The molecule has 0 unspecified atom stereocenters. The van der Waals surface area contributed by atoms with Gasteiger partial charge in [0.15, 0.2) is 5.82 Å². The van der Waals surface area contributed by atoms with Gasteiger partial charge < -0.3 is 19.9 Å². The lowest BCUT2D eigenvalue weighted by atomic mass is 9.98. The lowest BCUT2D eigenvalue weighted by Gasteiger charge is -2.32. The molecule has 0 amide bonds. The van der Waals surface area contributed by atoms with Crippen LogP contribution in [0.3, 0.4) is 0 Å². The molecule has 6 nitrogen and oxygen atoms in total. The standard InChI is InChI=1S/C19H22FN3O3/c1-10-14-16(11(2)17(15(10)20)22-7-5-21-6-8-22)23(12-3-4-12)9-13(18(14)24)19(25)26/h9,12,21H,3-8H2,1-2H3,(H,25,26). The molecule has 1 aromatic heterocycles. The number of nitrogens with zero attached hydrogens (tertiary/aromatic N) is 2. The molecule has 2 aromatic rings. The smallest absolute Gasteiger partial charge is 0.341 e. The van der Waals surface area contributed by atoms with Gasteiger partial charge in [-0.3, -0.25) is 4.79 Å². The van der Waals surface area contributed by atoms with Gasteiger partial charge in [0.25, 0.3) is 0 Å². The van der Waals surface area contributed by atoms with Crippen LogP contribution in [-0.2, 0) is 0 Å². The molecule has 138 valence electrons. The number of hydrogen-bond donors (Lipinski definition) is 2. The summed E-state index contributed by atoms with van der Waals surface area (Å²) in [6.07, 6.45) is 3.32. The third-order valence-electron chi connectivity index (χ3n) is 5.46. The number of aromatic nitrogens is 1. The van der Waals surface area contributed by atoms with E-state index in [1.807, 2.05) is 16.4 Å². The number of aromatic carboxylic acids is 1. The second-order valence-electron chi connectivity index (χ2n) is 7.19. The Morgan fingerprint density at radius 2 is 1.88 bits per heavy atom. The van der Waals surface area contributed by atoms with Crippen LogP contribution in [0.2, 0.25) is 0 Å². The zero-order valence-corrected chi connectivity index (χ0v) is 14.9. The van der Waals surface area contributed by atoms with Gasteiger partial charge in [0.2, 0.25) is 5.43 Å². The highest BCUT2D eigenvalue weighted by Gasteiger charge is 2.31. The third kappa shape index (κ3) is 2.49. The maximum absolute atomic E-state index is 15.3. The summed E-state index contributed by atoms with van der Waals surface area (Å²) >= 11 is 0. The molecule has 1 saturated carbocycles. The number of fused-ring (bicyclic) bond motifs is 1. The van der Waals surface area contributed by atoms with E-state index in [-0.39, 0.29) is 22.6 Å². The second-order valence-corrected chi connectivity index (χ2v) is 7.19. The number of halogens is 1. The number of carbonyl (C=O) groups is 1. The molecule has 0 bridgehead atoms. The summed E-state index contributed by atoms with van der Waals surface area (Å²) in [5.41, 5.74) is 1.27. The number of hydrogen-bond acceptors (Lipinski definition) is 4. The maximum Gasteiger partial charge on any atom is 0.341 e. The van der Waals surface area contributed by atoms with E-state index in [1.54, 1.807) is 6.92 Å². The van der Waals surface area contributed by atoms with Gasteiger partial charge in [-0.1, -0.05) is 0 Å². The largest absolute Gasteiger partial charge is 0.477 e. The molecular weight excluding hydrogens is 337 g/mol. The Hall–Kier alpha value is -2.41. The molecule has 4 rings (SSSR count). The number of carboxylic acids is 1. The van der Waals surface area contributed by atoms with E-state index in [4.69, 9.17) is 0 Å². The van der Waals surface area contributed by atoms with E-state index in [1.165, 1.54) is 6.20 Å². The van der Waals surface area contributed by atoms with Crippen molar-refractivity contribution >= 4 is 22.6 Å². The average Bonchev–Trinajstić information content (AvgIpc) is 3.45. The van der Waals surface area contributed by atoms with Gasteiger partial charge in [-0.2, -0.15) is 0 Å². The van der Waals surface area contributed by atoms with Crippen molar-refractivity contribution in [2.24, 2.45) is 0 Å². The Morgan fingerprint density at radius 3 is 2.46 bits per heavy atom. The van der Waals surface area contributed by atoms with Crippen molar-refractivity contribution in [1.82, 2.24) is 9.88 Å². The Bertz CT molecular complexity index is 973. The van der Waals surface area contributed by atoms with Gasteiger partial charge in [-0.25, -0.2) is 9.18 Å². The molecule has 2 N–H and O–H groups in total. The van der Waals surface area contributed by atoms with Crippen molar-refractivity contribution < 1.29 is 14.3 Å². The number of aryl methyl sites for hydroxylation is 2. The normalized spacial score (nSPS) is 17.7. The van der Waals surface area contributed by atoms with Gasteiger partial charge in [0.1, 0.15) is 5.56 Å². The van der Waals surface area contributed by atoms with Gasteiger partial charge in [-0.15, -0.1) is 0 Å². The topological polar surface area (TPSA) is 74.6 Å². The van der Waals surface area contributed by atoms with Crippen LogP contribution in [-0.4, -0.2) is 41.8 Å². The Balaban J connectivity index is 2.09. The molecule has 1 aromatic carbocycles. The Labute approximate surface area is 150 Å². The van der Waals surface area contributed by atoms with E-state index in [0.717, 1.165) is 25.9 Å². The predicted octanol–water partition coefficient (Wildman–Crippen LogP) is 2.20. The van der Waals surface area contributed by atoms with E-state index in [0.29, 0.717) is 29.9 Å². The minimum absolute atomic E-state index is 0.177. The van der Waals surface area contributed by atoms with E-state index >= 15 is 4.39 Å². The van der Waals surface area contributed by atoms with Crippen LogP contribution in [0.1, 0.15) is 40.4 Å². The summed E-state index contributed by atoms with van der Waals surface area (Å²) in [6, 6.07) is 0.177. The molecular formula is C19H22FN3O3. The van der Waals surface area contributed by atoms with Gasteiger partial charge in [0.05, 0.1) is 16.6 Å². The monoisotopic (exact) mass is 359 g/mol. The Kier molecular flexibility index (Phi) is 3.99. The molecule has 2 heterocycles. The zero-order chi connectivity index (χ0) is 18.6. The molecule has 0 atom stereocenters. The van der Waals surface area contributed by atoms with E-state index in [9.17, 15) is 14.7 Å². The summed E-state index contributed by atoms with van der Waals surface area (Å²) in [4.78, 5) is 26.3. The van der Waals surface area contributed by atoms with Gasteiger partial charge in [0, 0.05) is 44.0 Å². The SMILES string of the molecule is Cc1c(F)c(N2CCNCC2)c(C)c2c1c(=O)c(C(=O)O)cn2C1CC1. The molecule has 0 radical (unpaired) electrons. The second kappa shape index (κ2) is 6.09. The fourth-order valence-corrected chi connectivity index (χ4v) is 3.98. The lowest BCUT2D eigenvalue weighted by Crippen LogP contribution is -2.44. The summed E-state index contributed by atoms with van der Waals surface area (Å²) in [6.45, 7) is 6.37. The first-order valence-electron chi connectivity index (χ1n) is 8.98. The molecule has 1 aliphatic carbocycles.